The standard InChI is InChI=1S/2C67H47N/c1-67(2)62-32-17-16-29-55(62)56-39-37-51(42-63(56)67)68(49-35-33-47(34-36-49)53-31-18-26-44-23-12-13-27-52(44)53)50-38-40-58-61(41-50)54-28-14-15-30-57(54)65-60(46-21-8-4-9-22-46)43-59(45-19-6-3-7-20-45)64(66(58)65)48-24-10-5-11-25-48;1-67(2)62-29-17-16-27-55(62)56-38-36-53(42-63(56)67)68(51-34-32-45(33-35-51)50-31-30-44-18-12-13-25-49(44)40-50)52-37-39-58-61(41-52)54-26-14-15-28-57(54)65-60(47-21-8-4-9-22-47)43-59(46-19-6-3-7-20-46)64(66(58)65)48-23-10-5-11-24-48/h2*3-43H,1-2H3. The van der Waals surface area contributed by atoms with Crippen LogP contribution in [-0.4, -0.2) is 0 Å². The van der Waals surface area contributed by atoms with Crippen LogP contribution < -0.4 is 9.80 Å². The molecule has 26 rings (SSSR count). The van der Waals surface area contributed by atoms with Crippen molar-refractivity contribution in [3.05, 3.63) is 520 Å². The average molecular weight is 1730 g/mol. The van der Waals surface area contributed by atoms with Gasteiger partial charge in [0.05, 0.1) is 0 Å². The van der Waals surface area contributed by atoms with E-state index in [-0.39, 0.29) is 10.8 Å². The first-order valence-electron chi connectivity index (χ1n) is 47.5. The second-order valence-electron chi connectivity index (χ2n) is 37.6. The van der Waals surface area contributed by atoms with Gasteiger partial charge >= 0.3 is 0 Å². The Labute approximate surface area is 793 Å². The van der Waals surface area contributed by atoms with Gasteiger partial charge in [-0.1, -0.05) is 434 Å². The highest BCUT2D eigenvalue weighted by atomic mass is 15.1. The first kappa shape index (κ1) is 81.0. The quantitative estimate of drug-likeness (QED) is 0.100. The number of rotatable bonds is 14. The summed E-state index contributed by atoms with van der Waals surface area (Å²) >= 11 is 0. The van der Waals surface area contributed by atoms with E-state index < -0.39 is 0 Å². The van der Waals surface area contributed by atoms with Gasteiger partial charge in [0.2, 0.25) is 0 Å². The van der Waals surface area contributed by atoms with Crippen LogP contribution in [0.4, 0.5) is 34.1 Å². The molecule has 0 unspecified atom stereocenters. The van der Waals surface area contributed by atoms with E-state index >= 15 is 0 Å². The second kappa shape index (κ2) is 33.1. The molecule has 2 heteroatoms. The topological polar surface area (TPSA) is 6.48 Å². The highest BCUT2D eigenvalue weighted by Crippen LogP contribution is 2.57. The van der Waals surface area contributed by atoms with Crippen LogP contribution >= 0.6 is 0 Å². The molecule has 2 nitrogen and oxygen atoms in total. The van der Waals surface area contributed by atoms with Gasteiger partial charge in [0.25, 0.3) is 0 Å². The van der Waals surface area contributed by atoms with Crippen molar-refractivity contribution in [2.24, 2.45) is 0 Å². The Morgan fingerprint density at radius 2 is 0.441 bits per heavy atom. The highest BCUT2D eigenvalue weighted by Gasteiger charge is 2.38. The Morgan fingerprint density at radius 3 is 0.890 bits per heavy atom. The van der Waals surface area contributed by atoms with E-state index in [1.807, 2.05) is 0 Å². The van der Waals surface area contributed by atoms with E-state index in [9.17, 15) is 0 Å². The molecule has 640 valence electrons. The van der Waals surface area contributed by atoms with E-state index in [0.29, 0.717) is 0 Å². The summed E-state index contributed by atoms with van der Waals surface area (Å²) in [4.78, 5) is 4.94. The maximum atomic E-state index is 2.47. The van der Waals surface area contributed by atoms with Crippen LogP contribution in [0.25, 0.3) is 197 Å². The molecule has 0 N–H and O–H groups in total. The van der Waals surface area contributed by atoms with Crippen molar-refractivity contribution < 1.29 is 0 Å². The summed E-state index contributed by atoms with van der Waals surface area (Å²) in [6, 6.07) is 184. The summed E-state index contributed by atoms with van der Waals surface area (Å²) in [5.41, 5.74) is 36.6. The molecule has 0 spiro atoms. The monoisotopic (exact) mass is 1730 g/mol. The van der Waals surface area contributed by atoms with Crippen LogP contribution in [0.2, 0.25) is 0 Å². The van der Waals surface area contributed by atoms with Gasteiger partial charge in [-0.05, 0) is 311 Å². The lowest BCUT2D eigenvalue weighted by Crippen LogP contribution is -2.16. The fourth-order valence-corrected chi connectivity index (χ4v) is 22.7. The zero-order valence-electron chi connectivity index (χ0n) is 76.2. The Bertz CT molecular complexity index is 8840. The van der Waals surface area contributed by atoms with E-state index in [2.05, 4.69) is 535 Å². The number of hydrogen-bond donors (Lipinski definition) is 0. The largest absolute Gasteiger partial charge is 0.310 e. The summed E-state index contributed by atoms with van der Waals surface area (Å²) < 4.78 is 0. The zero-order valence-corrected chi connectivity index (χ0v) is 76.2. The Hall–Kier alpha value is -17.0. The lowest BCUT2D eigenvalue weighted by Gasteiger charge is -2.29. The number of benzene rings is 24. The predicted octanol–water partition coefficient (Wildman–Crippen LogP) is 37.5. The van der Waals surface area contributed by atoms with Crippen molar-refractivity contribution in [2.75, 3.05) is 9.80 Å². The summed E-state index contributed by atoms with van der Waals surface area (Å²) in [5, 5.41) is 19.9. The van der Waals surface area contributed by atoms with Gasteiger partial charge in [-0.15, -0.1) is 0 Å². The summed E-state index contributed by atoms with van der Waals surface area (Å²) in [6.45, 7) is 9.48. The van der Waals surface area contributed by atoms with Gasteiger partial charge < -0.3 is 9.80 Å². The molecular formula is C134H94N2. The molecule has 0 fully saturated rings. The molecule has 24 aromatic carbocycles. The van der Waals surface area contributed by atoms with Gasteiger partial charge in [0, 0.05) is 45.0 Å². The van der Waals surface area contributed by atoms with Crippen molar-refractivity contribution in [3.8, 4) is 111 Å². The first-order chi connectivity index (χ1) is 67.0. The van der Waals surface area contributed by atoms with Gasteiger partial charge in [0.15, 0.2) is 0 Å². The minimum absolute atomic E-state index is 0.146. The molecule has 0 bridgehead atoms. The first-order valence-corrected chi connectivity index (χ1v) is 47.5. The van der Waals surface area contributed by atoms with Crippen LogP contribution in [0.15, 0.2) is 497 Å². The molecule has 0 saturated heterocycles. The summed E-state index contributed by atoms with van der Waals surface area (Å²) in [5.74, 6) is 0. The molecule has 0 amide bonds. The molecule has 136 heavy (non-hydrogen) atoms. The molecule has 0 atom stereocenters. The minimum Gasteiger partial charge on any atom is -0.310 e. The Balaban J connectivity index is 0.000000145. The summed E-state index contributed by atoms with van der Waals surface area (Å²) in [6.07, 6.45) is 0. The fourth-order valence-electron chi connectivity index (χ4n) is 22.7. The normalized spacial score (nSPS) is 12.7. The number of nitrogens with zero attached hydrogens (tertiary/aromatic N) is 2. The molecule has 0 saturated carbocycles. The van der Waals surface area contributed by atoms with Crippen LogP contribution in [0.5, 0.6) is 0 Å². The number of hydrogen-bond acceptors (Lipinski definition) is 2. The van der Waals surface area contributed by atoms with Crippen LogP contribution in [0.1, 0.15) is 49.9 Å². The SMILES string of the molecule is CC1(C)c2ccccc2-c2ccc(N(c3ccc(-c4ccc5ccccc5c4)cc3)c3ccc4c(c3)c3ccccc3c3c(-c5ccccc5)cc(-c5ccccc5)c(-c5ccccc5)c43)cc21.CC1(C)c2ccccc2-c2ccc(N(c3ccc(-c4cccc5ccccc45)cc3)c3ccc4c(c3)c3ccccc3c3c(-c5ccccc5)cc(-c5ccccc5)c(-c5ccccc5)c43)cc21. The molecule has 2 aliphatic rings. The Morgan fingerprint density at radius 1 is 0.140 bits per heavy atom. The van der Waals surface area contributed by atoms with E-state index in [1.54, 1.807) is 0 Å². The number of fused-ring (bicyclic) bond motifs is 20. The fraction of sp³-hybridized carbons (Fsp3) is 0.0448. The third-order valence-corrected chi connectivity index (χ3v) is 29.2. The van der Waals surface area contributed by atoms with Crippen molar-refractivity contribution in [2.45, 2.75) is 38.5 Å². The molecular weight excluding hydrogens is 1640 g/mol. The van der Waals surface area contributed by atoms with Crippen molar-refractivity contribution in [1.82, 2.24) is 0 Å². The lowest BCUT2D eigenvalue weighted by atomic mass is 9.81. The molecule has 2 aliphatic carbocycles. The second-order valence-corrected chi connectivity index (χ2v) is 37.6. The zero-order chi connectivity index (χ0) is 90.7. The molecule has 0 radical (unpaired) electrons. The van der Waals surface area contributed by atoms with Gasteiger partial charge in [-0.25, -0.2) is 0 Å². The van der Waals surface area contributed by atoms with Crippen molar-refractivity contribution in [3.63, 3.8) is 0 Å². The molecule has 0 aliphatic heterocycles. The molecule has 24 aromatic rings. The smallest absolute Gasteiger partial charge is 0.0468 e. The van der Waals surface area contributed by atoms with Gasteiger partial charge in [-0.2, -0.15) is 0 Å². The van der Waals surface area contributed by atoms with Crippen molar-refractivity contribution >= 4 is 120 Å². The molecule has 0 heterocycles. The third-order valence-electron chi connectivity index (χ3n) is 29.2. The maximum Gasteiger partial charge on any atom is 0.0468 e. The predicted molar refractivity (Wildman–Crippen MR) is 581 cm³/mol. The van der Waals surface area contributed by atoms with Crippen molar-refractivity contribution in [1.29, 1.82) is 0 Å². The third kappa shape index (κ3) is 13.6. The van der Waals surface area contributed by atoms with Crippen LogP contribution in [0, 0.1) is 0 Å². The lowest BCUT2D eigenvalue weighted by molar-refractivity contribution is 0.660. The number of anilines is 6. The van der Waals surface area contributed by atoms with E-state index in [4.69, 9.17) is 0 Å². The maximum absolute atomic E-state index is 2.47. The Kier molecular flexibility index (Phi) is 19.7. The van der Waals surface area contributed by atoms with Gasteiger partial charge in [0.1, 0.15) is 0 Å². The minimum atomic E-state index is -0.148. The van der Waals surface area contributed by atoms with Gasteiger partial charge in [-0.3, -0.25) is 0 Å². The van der Waals surface area contributed by atoms with Crippen LogP contribution in [0.3, 0.4) is 0 Å². The van der Waals surface area contributed by atoms with E-state index in [1.165, 1.54) is 220 Å². The van der Waals surface area contributed by atoms with E-state index in [0.717, 1.165) is 34.1 Å². The van der Waals surface area contributed by atoms with Crippen LogP contribution in [-0.2, 0) is 10.8 Å². The average Bonchev–Trinajstić information content (AvgIpc) is 0.926. The highest BCUT2D eigenvalue weighted by molar-refractivity contribution is 6.35. The summed E-state index contributed by atoms with van der Waals surface area (Å²) in [7, 11) is 0. The molecule has 0 aromatic heterocycles.